The van der Waals surface area contributed by atoms with Crippen LogP contribution in [0.1, 0.15) is 45.2 Å². The van der Waals surface area contributed by atoms with Crippen molar-refractivity contribution in [3.63, 3.8) is 0 Å². The molecule has 12 heteroatoms. The van der Waals surface area contributed by atoms with Gasteiger partial charge in [0.15, 0.2) is 0 Å². The third kappa shape index (κ3) is 6.19. The number of anilines is 6. The van der Waals surface area contributed by atoms with Gasteiger partial charge in [0.05, 0.1) is 35.5 Å². The number of hydrogen-bond acceptors (Lipinski definition) is 8. The minimum absolute atomic E-state index is 0.247. The van der Waals surface area contributed by atoms with E-state index >= 15 is 0 Å². The van der Waals surface area contributed by atoms with Crippen molar-refractivity contribution in [2.24, 2.45) is 4.99 Å². The Balaban J connectivity index is 1.12. The van der Waals surface area contributed by atoms with Gasteiger partial charge in [0.1, 0.15) is 11.9 Å². The maximum Gasteiger partial charge on any atom is 0.330 e. The Labute approximate surface area is 283 Å². The molecule has 0 saturated carbocycles. The number of urea groups is 1. The van der Waals surface area contributed by atoms with Crippen LogP contribution in [0.5, 0.6) is 0 Å². The van der Waals surface area contributed by atoms with Gasteiger partial charge in [0.2, 0.25) is 11.9 Å². The molecule has 244 valence electrons. The molecular weight excluding hydrogens is 618 g/mol. The van der Waals surface area contributed by atoms with E-state index in [0.717, 1.165) is 33.6 Å². The zero-order valence-electron chi connectivity index (χ0n) is 27.4. The fourth-order valence-electron chi connectivity index (χ4n) is 5.79. The molecular formula is C37H33N9O3. The van der Waals surface area contributed by atoms with E-state index in [0.29, 0.717) is 40.1 Å². The van der Waals surface area contributed by atoms with Crippen molar-refractivity contribution < 1.29 is 14.4 Å². The molecule has 0 fully saturated rings. The number of fused-ring (bicyclic) bond motifs is 2. The molecule has 0 bridgehead atoms. The van der Waals surface area contributed by atoms with Crippen LogP contribution in [0.4, 0.5) is 39.3 Å². The molecule has 2 aromatic heterocycles. The second-order valence-electron chi connectivity index (χ2n) is 12.0. The number of aliphatic imine (C=N–C) groups is 1. The number of pyridine rings is 1. The fourth-order valence-corrected chi connectivity index (χ4v) is 5.79. The van der Waals surface area contributed by atoms with E-state index in [1.807, 2.05) is 62.4 Å². The van der Waals surface area contributed by atoms with E-state index in [2.05, 4.69) is 35.9 Å². The second kappa shape index (κ2) is 12.6. The Morgan fingerprint density at radius 1 is 0.918 bits per heavy atom. The molecule has 3 N–H and O–H groups in total. The first-order valence-corrected chi connectivity index (χ1v) is 15.8. The molecule has 49 heavy (non-hydrogen) atoms. The van der Waals surface area contributed by atoms with Gasteiger partial charge in [0.25, 0.3) is 5.91 Å². The predicted octanol–water partition coefficient (Wildman–Crippen LogP) is 6.24. The third-order valence-electron chi connectivity index (χ3n) is 8.48. The zero-order valence-corrected chi connectivity index (χ0v) is 27.4. The van der Waals surface area contributed by atoms with Gasteiger partial charge < -0.3 is 16.0 Å². The molecule has 0 aliphatic carbocycles. The first-order valence-electron chi connectivity index (χ1n) is 15.8. The molecule has 7 rings (SSSR count). The lowest BCUT2D eigenvalue weighted by atomic mass is 9.98. The van der Waals surface area contributed by atoms with Crippen LogP contribution in [0, 0.1) is 13.8 Å². The van der Waals surface area contributed by atoms with Crippen molar-refractivity contribution in [2.45, 2.75) is 33.4 Å². The lowest BCUT2D eigenvalue weighted by Gasteiger charge is -2.35. The molecule has 0 spiro atoms. The van der Waals surface area contributed by atoms with Crippen LogP contribution in [-0.4, -0.2) is 51.6 Å². The molecule has 3 aromatic carbocycles. The number of amides is 4. The number of benzene rings is 3. The SMILES string of the molecule is Cc1ccc(Nc2ncc3c(n2)N(C)C(=O)N(c2cc(NC(=O)c4ccc5c(c4)NC(=O)C(C)N=C5c4ccccc4)ccc2C)C3)cn1. The Morgan fingerprint density at radius 2 is 1.71 bits per heavy atom. The Morgan fingerprint density at radius 3 is 2.49 bits per heavy atom. The monoisotopic (exact) mass is 651 g/mol. The number of nitrogens with one attached hydrogen (secondary N) is 3. The van der Waals surface area contributed by atoms with Crippen molar-refractivity contribution in [3.8, 4) is 0 Å². The maximum atomic E-state index is 13.7. The van der Waals surface area contributed by atoms with Crippen molar-refractivity contribution in [2.75, 3.05) is 32.8 Å². The molecule has 4 amide bonds. The van der Waals surface area contributed by atoms with Crippen molar-refractivity contribution in [3.05, 3.63) is 125 Å². The van der Waals surface area contributed by atoms with Crippen LogP contribution in [0.25, 0.3) is 0 Å². The highest BCUT2D eigenvalue weighted by molar-refractivity contribution is 6.20. The average molecular weight is 652 g/mol. The summed E-state index contributed by atoms with van der Waals surface area (Å²) in [4.78, 5) is 61.2. The average Bonchev–Trinajstić information content (AvgIpc) is 3.23. The smallest absolute Gasteiger partial charge is 0.324 e. The summed E-state index contributed by atoms with van der Waals surface area (Å²) >= 11 is 0. The Hall–Kier alpha value is -6.43. The number of aromatic nitrogens is 3. The van der Waals surface area contributed by atoms with Gasteiger partial charge in [-0.05, 0) is 68.8 Å². The summed E-state index contributed by atoms with van der Waals surface area (Å²) in [5.41, 5.74) is 7.54. The Bertz CT molecular complexity index is 2150. The van der Waals surface area contributed by atoms with E-state index in [9.17, 15) is 14.4 Å². The standard InChI is InChI=1S/C37H33N9O3/c1-21-10-13-27(41-35(48)25-12-15-29-30(16-25)43-34(47)23(3)40-32(29)24-8-6-5-7-9-24)17-31(21)46-20-26-18-39-36(44-33(26)45(4)37(46)49)42-28-14-11-22(2)38-19-28/h5-19,23H,20H2,1-4H3,(H,41,48)(H,43,47)(H,39,42,44). The summed E-state index contributed by atoms with van der Waals surface area (Å²) in [6.45, 7) is 5.80. The van der Waals surface area contributed by atoms with Crippen molar-refractivity contribution in [1.29, 1.82) is 0 Å². The highest BCUT2D eigenvalue weighted by Gasteiger charge is 2.32. The molecule has 12 nitrogen and oxygen atoms in total. The van der Waals surface area contributed by atoms with Crippen LogP contribution in [0.15, 0.2) is 96.2 Å². The predicted molar refractivity (Wildman–Crippen MR) is 190 cm³/mol. The summed E-state index contributed by atoms with van der Waals surface area (Å²) in [6, 6.07) is 23.1. The molecule has 1 unspecified atom stereocenters. The van der Waals surface area contributed by atoms with E-state index in [4.69, 9.17) is 0 Å². The Kier molecular flexibility index (Phi) is 8.04. The first kappa shape index (κ1) is 31.2. The van der Waals surface area contributed by atoms with Crippen LogP contribution < -0.4 is 25.8 Å². The van der Waals surface area contributed by atoms with Gasteiger partial charge in [0, 0.05) is 46.9 Å². The molecule has 2 aliphatic rings. The number of aryl methyl sites for hydroxylation is 2. The highest BCUT2D eigenvalue weighted by atomic mass is 16.2. The van der Waals surface area contributed by atoms with Gasteiger partial charge >= 0.3 is 6.03 Å². The summed E-state index contributed by atoms with van der Waals surface area (Å²) in [5.74, 6) is 0.235. The van der Waals surface area contributed by atoms with Crippen molar-refractivity contribution >= 4 is 58.1 Å². The van der Waals surface area contributed by atoms with E-state index in [-0.39, 0.29) is 24.4 Å². The second-order valence-corrected chi connectivity index (χ2v) is 12.0. The molecule has 5 aromatic rings. The zero-order chi connectivity index (χ0) is 34.2. The number of rotatable bonds is 6. The fraction of sp³-hybridized carbons (Fsp3) is 0.162. The molecule has 2 aliphatic heterocycles. The summed E-state index contributed by atoms with van der Waals surface area (Å²) in [5, 5.41) is 9.02. The lowest BCUT2D eigenvalue weighted by molar-refractivity contribution is -0.116. The number of nitrogens with zero attached hydrogens (tertiary/aromatic N) is 6. The van der Waals surface area contributed by atoms with Crippen LogP contribution in [0.2, 0.25) is 0 Å². The number of benzodiazepines with no additional fused rings is 1. The minimum Gasteiger partial charge on any atom is -0.324 e. The number of carbonyl (C=O) groups excluding carboxylic acids is 3. The van der Waals surface area contributed by atoms with E-state index < -0.39 is 6.04 Å². The summed E-state index contributed by atoms with van der Waals surface area (Å²) < 4.78 is 0. The minimum atomic E-state index is -0.601. The van der Waals surface area contributed by atoms with Gasteiger partial charge in [-0.1, -0.05) is 36.4 Å². The lowest BCUT2D eigenvalue weighted by Crippen LogP contribution is -2.46. The molecule has 0 radical (unpaired) electrons. The molecule has 4 heterocycles. The first-order chi connectivity index (χ1) is 23.6. The van der Waals surface area contributed by atoms with Gasteiger partial charge in [-0.2, -0.15) is 4.98 Å². The van der Waals surface area contributed by atoms with Gasteiger partial charge in [-0.25, -0.2) is 9.78 Å². The number of hydrogen-bond donors (Lipinski definition) is 3. The van der Waals surface area contributed by atoms with Crippen LogP contribution in [0.3, 0.4) is 0 Å². The molecule has 0 saturated heterocycles. The van der Waals surface area contributed by atoms with Gasteiger partial charge in [-0.3, -0.25) is 29.4 Å². The van der Waals surface area contributed by atoms with Crippen LogP contribution in [-0.2, 0) is 11.3 Å². The quantitative estimate of drug-likeness (QED) is 0.197. The van der Waals surface area contributed by atoms with E-state index in [1.54, 1.807) is 61.6 Å². The highest BCUT2D eigenvalue weighted by Crippen LogP contribution is 2.34. The third-order valence-corrected chi connectivity index (χ3v) is 8.48. The molecule has 1 atom stereocenters. The summed E-state index contributed by atoms with van der Waals surface area (Å²) in [6.07, 6.45) is 3.40. The van der Waals surface area contributed by atoms with E-state index in [1.165, 1.54) is 4.90 Å². The largest absolute Gasteiger partial charge is 0.330 e. The topological polar surface area (TPSA) is 145 Å². The maximum absolute atomic E-state index is 13.7. The van der Waals surface area contributed by atoms with Crippen LogP contribution >= 0.6 is 0 Å². The van der Waals surface area contributed by atoms with Crippen molar-refractivity contribution in [1.82, 2.24) is 15.0 Å². The normalized spacial score (nSPS) is 15.4. The van der Waals surface area contributed by atoms with Gasteiger partial charge in [-0.15, -0.1) is 0 Å². The number of carbonyl (C=O) groups is 3. The summed E-state index contributed by atoms with van der Waals surface area (Å²) in [7, 11) is 1.67.